The Labute approximate surface area is 106 Å². The van der Waals surface area contributed by atoms with Crippen LogP contribution in [-0.2, 0) is 16.4 Å². The Balaban J connectivity index is 2.02. The summed E-state index contributed by atoms with van der Waals surface area (Å²) >= 11 is 0. The van der Waals surface area contributed by atoms with Gasteiger partial charge in [-0.25, -0.2) is 8.42 Å². The molecule has 0 radical (unpaired) electrons. The lowest BCUT2D eigenvalue weighted by Crippen LogP contribution is -2.28. The van der Waals surface area contributed by atoms with Crippen molar-refractivity contribution in [3.05, 3.63) is 11.6 Å². The van der Waals surface area contributed by atoms with Gasteiger partial charge >= 0.3 is 0 Å². The molecular weight excluding hydrogens is 252 g/mol. The zero-order valence-electron chi connectivity index (χ0n) is 10.2. The summed E-state index contributed by atoms with van der Waals surface area (Å²) in [7, 11) is -3.06. The highest BCUT2D eigenvalue weighted by atomic mass is 32.2. The molecular formula is C11H18N4O2S. The number of sulfone groups is 1. The van der Waals surface area contributed by atoms with Crippen molar-refractivity contribution in [2.24, 2.45) is 5.73 Å². The van der Waals surface area contributed by atoms with E-state index in [-0.39, 0.29) is 11.8 Å². The molecule has 1 saturated heterocycles. The second kappa shape index (κ2) is 4.31. The van der Waals surface area contributed by atoms with Crippen LogP contribution in [0.4, 0.5) is 0 Å². The van der Waals surface area contributed by atoms with Crippen molar-refractivity contribution < 1.29 is 8.42 Å². The lowest BCUT2D eigenvalue weighted by molar-refractivity contribution is 0.435. The van der Waals surface area contributed by atoms with Gasteiger partial charge < -0.3 is 10.3 Å². The van der Waals surface area contributed by atoms with Crippen LogP contribution in [0.5, 0.6) is 0 Å². The smallest absolute Gasteiger partial charge is 0.160 e. The normalized spacial score (nSPS) is 30.9. The Kier molecular flexibility index (Phi) is 2.90. The van der Waals surface area contributed by atoms with Gasteiger partial charge in [-0.3, -0.25) is 0 Å². The molecule has 0 saturated carbocycles. The Hall–Kier alpha value is -0.950. The van der Waals surface area contributed by atoms with Crippen molar-refractivity contribution in [3.8, 4) is 0 Å². The molecule has 2 aliphatic heterocycles. The Morgan fingerprint density at radius 3 is 2.67 bits per heavy atom. The summed E-state index contributed by atoms with van der Waals surface area (Å²) < 4.78 is 26.2. The Morgan fingerprint density at radius 1 is 1.11 bits per heavy atom. The van der Waals surface area contributed by atoms with Crippen molar-refractivity contribution in [2.45, 2.75) is 49.9 Å². The molecule has 3 heterocycles. The number of nitrogens with two attached hydrogens (primary N) is 1. The highest BCUT2D eigenvalue weighted by Gasteiger charge is 2.36. The van der Waals surface area contributed by atoms with Crippen LogP contribution in [0.25, 0.3) is 0 Å². The zero-order chi connectivity index (χ0) is 12.8. The van der Waals surface area contributed by atoms with Crippen LogP contribution in [-0.4, -0.2) is 28.9 Å². The van der Waals surface area contributed by atoms with E-state index < -0.39 is 15.1 Å². The predicted octanol–water partition coefficient (Wildman–Crippen LogP) is 0.712. The molecule has 1 aromatic heterocycles. The number of fused-ring (bicyclic) bond motifs is 1. The van der Waals surface area contributed by atoms with E-state index in [9.17, 15) is 8.42 Å². The molecule has 2 aliphatic rings. The van der Waals surface area contributed by atoms with E-state index in [1.165, 1.54) is 0 Å². The summed E-state index contributed by atoms with van der Waals surface area (Å²) in [6.45, 7) is 0.789. The van der Waals surface area contributed by atoms with Crippen LogP contribution in [0.15, 0.2) is 0 Å². The molecule has 2 atom stereocenters. The molecule has 7 heteroatoms. The molecule has 6 nitrogen and oxygen atoms in total. The summed E-state index contributed by atoms with van der Waals surface area (Å²) in [4.78, 5) is 0. The van der Waals surface area contributed by atoms with Crippen molar-refractivity contribution >= 4 is 9.84 Å². The molecule has 0 aliphatic carbocycles. The molecule has 2 unspecified atom stereocenters. The van der Waals surface area contributed by atoms with Crippen molar-refractivity contribution in [1.29, 1.82) is 0 Å². The minimum absolute atomic E-state index is 0.105. The number of aromatic nitrogens is 3. The highest BCUT2D eigenvalue weighted by molar-refractivity contribution is 7.91. The quantitative estimate of drug-likeness (QED) is 0.811. The van der Waals surface area contributed by atoms with Gasteiger partial charge in [-0.05, 0) is 25.7 Å². The standard InChI is InChI=1S/C11H18N4O2S/c12-8-4-3-6-15-10(8)13-14-11(15)9-5-1-2-7-18(9,16)17/h8-9H,1-7,12H2. The monoisotopic (exact) mass is 270 g/mol. The van der Waals surface area contributed by atoms with E-state index in [1.807, 2.05) is 4.57 Å². The van der Waals surface area contributed by atoms with E-state index in [1.54, 1.807) is 0 Å². The zero-order valence-corrected chi connectivity index (χ0v) is 11.1. The number of hydrogen-bond acceptors (Lipinski definition) is 5. The first-order valence-corrected chi connectivity index (χ1v) is 8.21. The number of rotatable bonds is 1. The minimum atomic E-state index is -3.06. The van der Waals surface area contributed by atoms with Crippen molar-refractivity contribution in [3.63, 3.8) is 0 Å². The molecule has 0 spiro atoms. The van der Waals surface area contributed by atoms with Gasteiger partial charge in [-0.2, -0.15) is 0 Å². The summed E-state index contributed by atoms with van der Waals surface area (Å²) in [5.74, 6) is 1.63. The van der Waals surface area contributed by atoms with Crippen LogP contribution in [0, 0.1) is 0 Å². The first kappa shape index (κ1) is 12.1. The van der Waals surface area contributed by atoms with Gasteiger partial charge in [0.25, 0.3) is 0 Å². The Morgan fingerprint density at radius 2 is 1.89 bits per heavy atom. The molecule has 1 aromatic rings. The summed E-state index contributed by atoms with van der Waals surface area (Å²) in [5, 5.41) is 7.75. The van der Waals surface area contributed by atoms with E-state index in [2.05, 4.69) is 10.2 Å². The highest BCUT2D eigenvalue weighted by Crippen LogP contribution is 2.34. The third-order valence-corrected chi connectivity index (χ3v) is 6.07. The van der Waals surface area contributed by atoms with Crippen LogP contribution >= 0.6 is 0 Å². The lowest BCUT2D eigenvalue weighted by Gasteiger charge is -2.25. The van der Waals surface area contributed by atoms with E-state index >= 15 is 0 Å². The first-order valence-electron chi connectivity index (χ1n) is 6.50. The summed E-state index contributed by atoms with van der Waals surface area (Å²) in [6.07, 6.45) is 4.23. The maximum absolute atomic E-state index is 12.1. The van der Waals surface area contributed by atoms with Gasteiger partial charge in [0, 0.05) is 6.54 Å². The van der Waals surface area contributed by atoms with Crippen LogP contribution in [0.1, 0.15) is 55.0 Å². The first-order chi connectivity index (χ1) is 8.59. The van der Waals surface area contributed by atoms with Gasteiger partial charge in [-0.1, -0.05) is 6.42 Å². The second-order valence-corrected chi connectivity index (χ2v) is 7.47. The predicted molar refractivity (Wildman–Crippen MR) is 66.6 cm³/mol. The van der Waals surface area contributed by atoms with Gasteiger partial charge in [0.2, 0.25) is 0 Å². The largest absolute Gasteiger partial charge is 0.321 e. The van der Waals surface area contributed by atoms with Gasteiger partial charge in [0.05, 0.1) is 11.8 Å². The molecule has 100 valence electrons. The lowest BCUT2D eigenvalue weighted by atomic mass is 10.1. The van der Waals surface area contributed by atoms with Crippen LogP contribution in [0.2, 0.25) is 0 Å². The third-order valence-electron chi connectivity index (χ3n) is 3.90. The topological polar surface area (TPSA) is 90.9 Å². The second-order valence-electron chi connectivity index (χ2n) is 5.17. The van der Waals surface area contributed by atoms with Crippen LogP contribution in [0.3, 0.4) is 0 Å². The molecule has 1 fully saturated rings. The van der Waals surface area contributed by atoms with Gasteiger partial charge in [-0.15, -0.1) is 10.2 Å². The summed E-state index contributed by atoms with van der Waals surface area (Å²) in [5.41, 5.74) is 5.98. The molecule has 0 amide bonds. The maximum atomic E-state index is 12.1. The summed E-state index contributed by atoms with van der Waals surface area (Å²) in [6, 6.07) is -0.105. The van der Waals surface area contributed by atoms with E-state index in [4.69, 9.17) is 5.73 Å². The fourth-order valence-electron chi connectivity index (χ4n) is 2.91. The fourth-order valence-corrected chi connectivity index (χ4v) is 4.82. The number of hydrogen-bond donors (Lipinski definition) is 1. The van der Waals surface area contributed by atoms with Crippen molar-refractivity contribution in [1.82, 2.24) is 14.8 Å². The van der Waals surface area contributed by atoms with Crippen LogP contribution < -0.4 is 5.73 Å². The average Bonchev–Trinajstić information content (AvgIpc) is 2.74. The SMILES string of the molecule is NC1CCCn2c1nnc2C1CCCCS1(=O)=O. The molecule has 2 N–H and O–H groups in total. The molecule has 3 rings (SSSR count). The maximum Gasteiger partial charge on any atom is 0.160 e. The Bertz CT molecular complexity index is 551. The minimum Gasteiger partial charge on any atom is -0.321 e. The van der Waals surface area contributed by atoms with E-state index in [0.29, 0.717) is 12.2 Å². The van der Waals surface area contributed by atoms with Crippen molar-refractivity contribution in [2.75, 3.05) is 5.75 Å². The molecule has 18 heavy (non-hydrogen) atoms. The fraction of sp³-hybridized carbons (Fsp3) is 0.818. The third kappa shape index (κ3) is 1.85. The van der Waals surface area contributed by atoms with E-state index in [0.717, 1.165) is 38.1 Å². The number of nitrogens with zero attached hydrogens (tertiary/aromatic N) is 3. The average molecular weight is 270 g/mol. The van der Waals surface area contributed by atoms with Gasteiger partial charge in [0.15, 0.2) is 15.7 Å². The molecule has 0 bridgehead atoms. The molecule has 0 aromatic carbocycles. The van der Waals surface area contributed by atoms with Gasteiger partial charge in [0.1, 0.15) is 11.1 Å².